The SMILES string of the molecule is NC1C=CC=CC1(N)C1CCCOC1. The third-order valence-corrected chi connectivity index (χ3v) is 3.26. The average molecular weight is 194 g/mol. The molecule has 0 spiro atoms. The fraction of sp³-hybridized carbons (Fsp3) is 0.636. The molecule has 2 aliphatic rings. The molecule has 0 bridgehead atoms. The van der Waals surface area contributed by atoms with E-state index in [-0.39, 0.29) is 6.04 Å². The molecule has 1 heterocycles. The summed E-state index contributed by atoms with van der Waals surface area (Å²) in [6.45, 7) is 1.60. The van der Waals surface area contributed by atoms with Crippen LogP contribution in [0.4, 0.5) is 0 Å². The maximum absolute atomic E-state index is 6.33. The first-order chi connectivity index (χ1) is 6.73. The van der Waals surface area contributed by atoms with Crippen LogP contribution in [0, 0.1) is 5.92 Å². The molecule has 0 radical (unpaired) electrons. The molecule has 3 atom stereocenters. The van der Waals surface area contributed by atoms with Crippen LogP contribution in [0.25, 0.3) is 0 Å². The normalized spacial score (nSPS) is 42.7. The summed E-state index contributed by atoms with van der Waals surface area (Å²) in [6, 6.07) is -0.0841. The number of hydrogen-bond donors (Lipinski definition) is 2. The standard InChI is InChI=1S/C11H18N2O/c12-10-5-1-2-6-11(10,13)9-4-3-7-14-8-9/h1-2,5-6,9-10H,3-4,7-8,12-13H2. The predicted molar refractivity (Wildman–Crippen MR) is 56.7 cm³/mol. The van der Waals surface area contributed by atoms with Crippen LogP contribution >= 0.6 is 0 Å². The van der Waals surface area contributed by atoms with Gasteiger partial charge >= 0.3 is 0 Å². The Labute approximate surface area is 84.8 Å². The van der Waals surface area contributed by atoms with Crippen molar-refractivity contribution in [3.05, 3.63) is 24.3 Å². The lowest BCUT2D eigenvalue weighted by Crippen LogP contribution is -2.60. The van der Waals surface area contributed by atoms with Gasteiger partial charge in [0.15, 0.2) is 0 Å². The van der Waals surface area contributed by atoms with Gasteiger partial charge in [0.25, 0.3) is 0 Å². The molecule has 1 aliphatic carbocycles. The maximum atomic E-state index is 6.33. The van der Waals surface area contributed by atoms with E-state index >= 15 is 0 Å². The van der Waals surface area contributed by atoms with Crippen molar-refractivity contribution in [2.24, 2.45) is 17.4 Å². The van der Waals surface area contributed by atoms with E-state index in [9.17, 15) is 0 Å². The van der Waals surface area contributed by atoms with Gasteiger partial charge in [-0.25, -0.2) is 0 Å². The van der Waals surface area contributed by atoms with Gasteiger partial charge in [-0.15, -0.1) is 0 Å². The molecule has 3 heteroatoms. The van der Waals surface area contributed by atoms with Crippen LogP contribution in [0.5, 0.6) is 0 Å². The second kappa shape index (κ2) is 3.85. The molecular weight excluding hydrogens is 176 g/mol. The molecule has 0 aromatic rings. The molecular formula is C11H18N2O. The highest BCUT2D eigenvalue weighted by Gasteiger charge is 2.38. The number of hydrogen-bond acceptors (Lipinski definition) is 3. The highest BCUT2D eigenvalue weighted by atomic mass is 16.5. The Hall–Kier alpha value is -0.640. The van der Waals surface area contributed by atoms with Gasteiger partial charge < -0.3 is 16.2 Å². The Balaban J connectivity index is 2.13. The molecule has 14 heavy (non-hydrogen) atoms. The summed E-state index contributed by atoms with van der Waals surface area (Å²) in [6.07, 6.45) is 10.1. The molecule has 3 unspecified atom stereocenters. The Morgan fingerprint density at radius 1 is 1.36 bits per heavy atom. The van der Waals surface area contributed by atoms with E-state index in [1.807, 2.05) is 24.3 Å². The molecule has 1 saturated heterocycles. The molecule has 0 aromatic carbocycles. The number of nitrogens with two attached hydrogens (primary N) is 2. The third-order valence-electron chi connectivity index (χ3n) is 3.26. The minimum absolute atomic E-state index is 0.0841. The number of allylic oxidation sites excluding steroid dienone is 2. The van der Waals surface area contributed by atoms with E-state index in [4.69, 9.17) is 16.2 Å². The van der Waals surface area contributed by atoms with Crippen LogP contribution in [0.2, 0.25) is 0 Å². The molecule has 0 amide bonds. The number of rotatable bonds is 1. The monoisotopic (exact) mass is 194 g/mol. The van der Waals surface area contributed by atoms with Gasteiger partial charge in [-0.05, 0) is 12.8 Å². The topological polar surface area (TPSA) is 61.3 Å². The molecule has 0 saturated carbocycles. The van der Waals surface area contributed by atoms with Crippen molar-refractivity contribution < 1.29 is 4.74 Å². The predicted octanol–water partition coefficient (Wildman–Crippen LogP) is 0.564. The Kier molecular flexibility index (Phi) is 2.72. The van der Waals surface area contributed by atoms with E-state index in [0.29, 0.717) is 5.92 Å². The first-order valence-corrected chi connectivity index (χ1v) is 5.22. The van der Waals surface area contributed by atoms with Crippen LogP contribution < -0.4 is 11.5 Å². The number of ether oxygens (including phenoxy) is 1. The van der Waals surface area contributed by atoms with Gasteiger partial charge in [0.2, 0.25) is 0 Å². The van der Waals surface area contributed by atoms with E-state index in [0.717, 1.165) is 26.1 Å². The Morgan fingerprint density at radius 2 is 2.21 bits per heavy atom. The van der Waals surface area contributed by atoms with Crippen molar-refractivity contribution in [3.8, 4) is 0 Å². The summed E-state index contributed by atoms with van der Waals surface area (Å²) in [7, 11) is 0. The van der Waals surface area contributed by atoms with Crippen molar-refractivity contribution in [1.82, 2.24) is 0 Å². The van der Waals surface area contributed by atoms with Crippen molar-refractivity contribution in [2.75, 3.05) is 13.2 Å². The summed E-state index contributed by atoms with van der Waals surface area (Å²) in [4.78, 5) is 0. The molecule has 4 N–H and O–H groups in total. The molecule has 1 fully saturated rings. The van der Waals surface area contributed by atoms with Gasteiger partial charge in [0.05, 0.1) is 12.1 Å². The zero-order valence-corrected chi connectivity index (χ0v) is 8.36. The van der Waals surface area contributed by atoms with Gasteiger partial charge in [-0.2, -0.15) is 0 Å². The van der Waals surface area contributed by atoms with E-state index in [1.54, 1.807) is 0 Å². The lowest BCUT2D eigenvalue weighted by Gasteiger charge is -2.41. The van der Waals surface area contributed by atoms with Crippen molar-refractivity contribution in [3.63, 3.8) is 0 Å². The summed E-state index contributed by atoms with van der Waals surface area (Å²) in [5.74, 6) is 0.354. The van der Waals surface area contributed by atoms with E-state index in [1.165, 1.54) is 0 Å². The summed E-state index contributed by atoms with van der Waals surface area (Å²) in [5, 5.41) is 0. The summed E-state index contributed by atoms with van der Waals surface area (Å²) in [5.41, 5.74) is 12.0. The Morgan fingerprint density at radius 3 is 2.86 bits per heavy atom. The fourth-order valence-electron chi connectivity index (χ4n) is 2.23. The zero-order valence-electron chi connectivity index (χ0n) is 8.36. The molecule has 2 rings (SSSR count). The highest BCUT2D eigenvalue weighted by Crippen LogP contribution is 2.29. The molecule has 78 valence electrons. The third kappa shape index (κ3) is 1.63. The highest BCUT2D eigenvalue weighted by molar-refractivity contribution is 5.27. The second-order valence-electron chi connectivity index (χ2n) is 4.18. The van der Waals surface area contributed by atoms with Gasteiger partial charge in [0.1, 0.15) is 0 Å². The zero-order chi connectivity index (χ0) is 10.0. The minimum atomic E-state index is -0.408. The van der Waals surface area contributed by atoms with Crippen molar-refractivity contribution in [1.29, 1.82) is 0 Å². The van der Waals surface area contributed by atoms with Crippen LogP contribution in [-0.4, -0.2) is 24.8 Å². The summed E-state index contributed by atoms with van der Waals surface area (Å²) < 4.78 is 5.46. The fourth-order valence-corrected chi connectivity index (χ4v) is 2.23. The van der Waals surface area contributed by atoms with Gasteiger partial charge in [-0.3, -0.25) is 0 Å². The van der Waals surface area contributed by atoms with Gasteiger partial charge in [-0.1, -0.05) is 24.3 Å². The first-order valence-electron chi connectivity index (χ1n) is 5.22. The molecule has 3 nitrogen and oxygen atoms in total. The first kappa shape index (κ1) is 9.90. The van der Waals surface area contributed by atoms with Crippen LogP contribution in [-0.2, 0) is 4.74 Å². The molecule has 1 aliphatic heterocycles. The summed E-state index contributed by atoms with van der Waals surface area (Å²) >= 11 is 0. The molecule has 0 aromatic heterocycles. The van der Waals surface area contributed by atoms with E-state index < -0.39 is 5.54 Å². The van der Waals surface area contributed by atoms with Crippen molar-refractivity contribution in [2.45, 2.75) is 24.4 Å². The average Bonchev–Trinajstić information content (AvgIpc) is 2.24. The minimum Gasteiger partial charge on any atom is -0.381 e. The van der Waals surface area contributed by atoms with E-state index in [2.05, 4.69) is 0 Å². The van der Waals surface area contributed by atoms with Crippen molar-refractivity contribution >= 4 is 0 Å². The van der Waals surface area contributed by atoms with Crippen LogP contribution in [0.3, 0.4) is 0 Å². The van der Waals surface area contributed by atoms with Crippen LogP contribution in [0.15, 0.2) is 24.3 Å². The van der Waals surface area contributed by atoms with Gasteiger partial charge in [0, 0.05) is 18.6 Å². The van der Waals surface area contributed by atoms with Crippen LogP contribution in [0.1, 0.15) is 12.8 Å². The Bertz CT molecular complexity index is 256. The second-order valence-corrected chi connectivity index (χ2v) is 4.18. The largest absolute Gasteiger partial charge is 0.381 e. The lowest BCUT2D eigenvalue weighted by molar-refractivity contribution is 0.0289. The quantitative estimate of drug-likeness (QED) is 0.641. The smallest absolute Gasteiger partial charge is 0.0583 e. The maximum Gasteiger partial charge on any atom is 0.0583 e. The lowest BCUT2D eigenvalue weighted by atomic mass is 9.74.